The predicted molar refractivity (Wildman–Crippen MR) is 48.9 cm³/mol. The fraction of sp³-hybridized carbons (Fsp3) is 0.500. The minimum absolute atomic E-state index is 1.50. The maximum Gasteiger partial charge on any atom is 0.0487 e. The van der Waals surface area contributed by atoms with E-state index in [1.807, 2.05) is 6.07 Å². The lowest BCUT2D eigenvalue weighted by Gasteiger charge is -1.49. The molecule has 0 aliphatic rings. The molecular formula is C6H19N5. The molecule has 0 aliphatic carbocycles. The molecule has 0 unspecified atom stereocenters. The summed E-state index contributed by atoms with van der Waals surface area (Å²) in [5.74, 6) is 0. The van der Waals surface area contributed by atoms with Crippen LogP contribution in [0.15, 0.2) is 18.5 Å². The highest BCUT2D eigenvalue weighted by molar-refractivity contribution is 4.72. The molecule has 0 fully saturated rings. The molecule has 0 spiro atoms. The Bertz CT molecular complexity index is 67.4. The van der Waals surface area contributed by atoms with Gasteiger partial charge in [-0.3, -0.25) is 5.10 Å². The van der Waals surface area contributed by atoms with Gasteiger partial charge in [0.1, 0.15) is 0 Å². The topological polar surface area (TPSA) is 107 Å². The second kappa shape index (κ2) is 35.6. The average Bonchev–Trinajstić information content (AvgIpc) is 2.71. The SMILES string of the molecule is CN.CN.CN.c1cn[nH]c1. The van der Waals surface area contributed by atoms with Crippen LogP contribution in [0.4, 0.5) is 0 Å². The predicted octanol–water partition coefficient (Wildman–Crippen LogP) is -0.866. The van der Waals surface area contributed by atoms with E-state index in [1.165, 1.54) is 21.1 Å². The molecule has 1 rings (SSSR count). The second-order valence-electron chi connectivity index (χ2n) is 0.766. The van der Waals surface area contributed by atoms with Crippen LogP contribution >= 0.6 is 0 Å². The molecular weight excluding hydrogens is 142 g/mol. The van der Waals surface area contributed by atoms with Gasteiger partial charge in [-0.15, -0.1) is 0 Å². The van der Waals surface area contributed by atoms with Crippen LogP contribution in [0.3, 0.4) is 0 Å². The molecule has 0 saturated carbocycles. The molecule has 0 amide bonds. The van der Waals surface area contributed by atoms with E-state index < -0.39 is 0 Å². The van der Waals surface area contributed by atoms with Crippen molar-refractivity contribution in [3.63, 3.8) is 0 Å². The first-order valence-electron chi connectivity index (χ1n) is 3.17. The number of hydrogen-bond donors (Lipinski definition) is 4. The van der Waals surface area contributed by atoms with Crippen LogP contribution in [0.5, 0.6) is 0 Å². The fourth-order valence-corrected chi connectivity index (χ4v) is 0.215. The van der Waals surface area contributed by atoms with Crippen LogP contribution < -0.4 is 17.2 Å². The summed E-state index contributed by atoms with van der Waals surface area (Å²) >= 11 is 0. The lowest BCUT2D eigenvalue weighted by atomic mass is 10.8. The van der Waals surface area contributed by atoms with Crippen molar-refractivity contribution in [1.29, 1.82) is 0 Å². The maximum atomic E-state index is 4.50. The van der Waals surface area contributed by atoms with Gasteiger partial charge >= 0.3 is 0 Å². The zero-order valence-electron chi connectivity index (χ0n) is 7.41. The number of hydrogen-bond acceptors (Lipinski definition) is 4. The van der Waals surface area contributed by atoms with Crippen LogP contribution in [0.2, 0.25) is 0 Å². The Balaban J connectivity index is -0.0000000933. The van der Waals surface area contributed by atoms with Crippen molar-refractivity contribution >= 4 is 0 Å². The summed E-state index contributed by atoms with van der Waals surface area (Å²) in [6.07, 6.45) is 3.46. The molecule has 7 N–H and O–H groups in total. The van der Waals surface area contributed by atoms with Crippen LogP contribution in [-0.2, 0) is 0 Å². The summed E-state index contributed by atoms with van der Waals surface area (Å²) in [5.41, 5.74) is 13.5. The lowest BCUT2D eigenvalue weighted by molar-refractivity contribution is 1.09. The van der Waals surface area contributed by atoms with Crippen molar-refractivity contribution in [2.24, 2.45) is 17.2 Å². The molecule has 0 aliphatic heterocycles. The number of nitrogens with one attached hydrogen (secondary N) is 1. The number of aromatic amines is 1. The van der Waals surface area contributed by atoms with Crippen molar-refractivity contribution in [2.75, 3.05) is 21.1 Å². The summed E-state index contributed by atoms with van der Waals surface area (Å²) in [6.45, 7) is 0. The van der Waals surface area contributed by atoms with E-state index in [1.54, 1.807) is 12.4 Å². The van der Waals surface area contributed by atoms with E-state index in [2.05, 4.69) is 27.4 Å². The van der Waals surface area contributed by atoms with Crippen LogP contribution in [0.1, 0.15) is 0 Å². The average molecular weight is 161 g/mol. The molecule has 1 aromatic heterocycles. The fourth-order valence-electron chi connectivity index (χ4n) is 0.215. The van der Waals surface area contributed by atoms with E-state index in [4.69, 9.17) is 0 Å². The largest absolute Gasteiger partial charge is 0.333 e. The number of nitrogens with two attached hydrogens (primary N) is 3. The van der Waals surface area contributed by atoms with Gasteiger partial charge in [0, 0.05) is 12.4 Å². The molecule has 1 heterocycles. The normalized spacial score (nSPS) is 5.27. The molecule has 0 atom stereocenters. The third-order valence-electron chi connectivity index (χ3n) is 0.406. The summed E-state index contributed by atoms with van der Waals surface area (Å²) in [4.78, 5) is 0. The highest BCUT2D eigenvalue weighted by atomic mass is 15.1. The monoisotopic (exact) mass is 161 g/mol. The minimum Gasteiger partial charge on any atom is -0.333 e. The summed E-state index contributed by atoms with van der Waals surface area (Å²) in [6, 6.07) is 1.83. The molecule has 5 nitrogen and oxygen atoms in total. The molecule has 0 aromatic carbocycles. The highest BCUT2D eigenvalue weighted by Crippen LogP contribution is 1.64. The van der Waals surface area contributed by atoms with Gasteiger partial charge in [0.25, 0.3) is 0 Å². The first-order chi connectivity index (χ1) is 5.50. The Labute approximate surface area is 68.0 Å². The Morgan fingerprint density at radius 1 is 1.00 bits per heavy atom. The summed E-state index contributed by atoms with van der Waals surface area (Å²) < 4.78 is 0. The van der Waals surface area contributed by atoms with Gasteiger partial charge in [-0.1, -0.05) is 0 Å². The van der Waals surface area contributed by atoms with E-state index in [0.717, 1.165) is 0 Å². The number of nitrogens with zero attached hydrogens (tertiary/aromatic N) is 1. The van der Waals surface area contributed by atoms with Crippen LogP contribution in [0, 0.1) is 0 Å². The minimum atomic E-state index is 1.50. The lowest BCUT2D eigenvalue weighted by Crippen LogP contribution is -1.69. The summed E-state index contributed by atoms with van der Waals surface area (Å²) in [5, 5.41) is 6.21. The molecule has 0 saturated heterocycles. The quantitative estimate of drug-likeness (QED) is 0.397. The number of H-pyrrole nitrogens is 1. The Morgan fingerprint density at radius 2 is 1.45 bits per heavy atom. The van der Waals surface area contributed by atoms with E-state index in [0.29, 0.717) is 0 Å². The first-order valence-corrected chi connectivity index (χ1v) is 3.17. The Hall–Kier alpha value is -0.910. The highest BCUT2D eigenvalue weighted by Gasteiger charge is 1.56. The van der Waals surface area contributed by atoms with Crippen LogP contribution in [-0.4, -0.2) is 31.3 Å². The van der Waals surface area contributed by atoms with Gasteiger partial charge < -0.3 is 17.2 Å². The number of aromatic nitrogens is 2. The molecule has 0 bridgehead atoms. The second-order valence-corrected chi connectivity index (χ2v) is 0.766. The first kappa shape index (κ1) is 16.6. The third-order valence-corrected chi connectivity index (χ3v) is 0.406. The molecule has 0 radical (unpaired) electrons. The van der Waals surface area contributed by atoms with Gasteiger partial charge in [-0.05, 0) is 27.2 Å². The van der Waals surface area contributed by atoms with Gasteiger partial charge in [0.05, 0.1) is 0 Å². The van der Waals surface area contributed by atoms with Crippen molar-refractivity contribution in [1.82, 2.24) is 10.2 Å². The zero-order valence-corrected chi connectivity index (χ0v) is 7.41. The van der Waals surface area contributed by atoms with E-state index in [-0.39, 0.29) is 0 Å². The molecule has 11 heavy (non-hydrogen) atoms. The van der Waals surface area contributed by atoms with Crippen molar-refractivity contribution in [3.8, 4) is 0 Å². The van der Waals surface area contributed by atoms with Crippen LogP contribution in [0.25, 0.3) is 0 Å². The van der Waals surface area contributed by atoms with Crippen molar-refractivity contribution in [2.45, 2.75) is 0 Å². The number of rotatable bonds is 0. The third kappa shape index (κ3) is 27.3. The standard InChI is InChI=1S/C3H4N2.3CH5N/c1-2-4-5-3-1;3*1-2/h1-3H,(H,4,5);3*2H2,1H3. The molecule has 5 heteroatoms. The van der Waals surface area contributed by atoms with Crippen molar-refractivity contribution < 1.29 is 0 Å². The Morgan fingerprint density at radius 3 is 1.55 bits per heavy atom. The molecule has 1 aromatic rings. The Kier molecular flexibility index (Phi) is 53.6. The summed E-state index contributed by atoms with van der Waals surface area (Å²) in [7, 11) is 4.50. The van der Waals surface area contributed by atoms with E-state index in [9.17, 15) is 0 Å². The maximum absolute atomic E-state index is 4.50. The van der Waals surface area contributed by atoms with Gasteiger partial charge in [0.15, 0.2) is 0 Å². The zero-order chi connectivity index (χ0) is 9.54. The van der Waals surface area contributed by atoms with Gasteiger partial charge in [-0.25, -0.2) is 0 Å². The van der Waals surface area contributed by atoms with Gasteiger partial charge in [-0.2, -0.15) is 5.10 Å². The van der Waals surface area contributed by atoms with Gasteiger partial charge in [0.2, 0.25) is 0 Å². The van der Waals surface area contributed by atoms with Crippen molar-refractivity contribution in [3.05, 3.63) is 18.5 Å². The smallest absolute Gasteiger partial charge is 0.0487 e. The molecule has 68 valence electrons. The van der Waals surface area contributed by atoms with E-state index >= 15 is 0 Å².